The van der Waals surface area contributed by atoms with Crippen molar-refractivity contribution in [1.29, 1.82) is 0 Å². The molecule has 5 heteroatoms. The first-order valence-corrected chi connectivity index (χ1v) is 7.82. The van der Waals surface area contributed by atoms with Crippen molar-refractivity contribution in [2.24, 2.45) is 5.73 Å². The molecule has 1 aliphatic rings. The minimum absolute atomic E-state index is 0.128. The molecule has 1 aliphatic carbocycles. The quantitative estimate of drug-likeness (QED) is 0.739. The predicted molar refractivity (Wildman–Crippen MR) is 66.7 cm³/mol. The Kier molecular flexibility index (Phi) is 5.72. The highest BCUT2D eigenvalue weighted by Gasteiger charge is 2.33. The maximum atomic E-state index is 12.3. The minimum atomic E-state index is -3.06. The average Bonchev–Trinajstić information content (AvgIpc) is 2.77. The first kappa shape index (κ1) is 13.9. The Labute approximate surface area is 99.2 Å². The molecule has 0 aromatic carbocycles. The van der Waals surface area contributed by atoms with Gasteiger partial charge in [0.2, 0.25) is 10.0 Å². The Balaban J connectivity index is 2.66. The van der Waals surface area contributed by atoms with E-state index >= 15 is 0 Å². The molecule has 16 heavy (non-hydrogen) atoms. The molecule has 0 spiro atoms. The summed E-state index contributed by atoms with van der Waals surface area (Å²) in [6, 6.07) is 0. The number of rotatable bonds is 7. The van der Waals surface area contributed by atoms with Gasteiger partial charge in [-0.05, 0) is 32.2 Å². The fraction of sp³-hybridized carbons (Fsp3) is 1.00. The van der Waals surface area contributed by atoms with Gasteiger partial charge in [-0.1, -0.05) is 19.8 Å². The van der Waals surface area contributed by atoms with E-state index in [1.165, 1.54) is 0 Å². The topological polar surface area (TPSA) is 63.4 Å². The summed E-state index contributed by atoms with van der Waals surface area (Å²) in [6.07, 6.45) is 5.42. The Morgan fingerprint density at radius 1 is 1.25 bits per heavy atom. The molecular weight excluding hydrogens is 224 g/mol. The summed E-state index contributed by atoms with van der Waals surface area (Å²) in [5.41, 5.74) is 5.45. The number of hydrogen-bond acceptors (Lipinski definition) is 3. The van der Waals surface area contributed by atoms with Gasteiger partial charge in [-0.2, -0.15) is 0 Å². The molecule has 0 amide bonds. The van der Waals surface area contributed by atoms with Gasteiger partial charge >= 0.3 is 0 Å². The van der Waals surface area contributed by atoms with Gasteiger partial charge in [-0.15, -0.1) is 0 Å². The standard InChI is InChI=1S/C11H24N2O2S/c1-2-9-13(10-5-8-12)16(14,15)11-6-3-4-7-11/h11H,2-10,12H2,1H3. The molecule has 1 fully saturated rings. The lowest BCUT2D eigenvalue weighted by molar-refractivity contribution is 0.398. The Morgan fingerprint density at radius 3 is 2.38 bits per heavy atom. The van der Waals surface area contributed by atoms with Gasteiger partial charge in [0.15, 0.2) is 0 Å². The lowest BCUT2D eigenvalue weighted by Crippen LogP contribution is -2.39. The van der Waals surface area contributed by atoms with Crippen LogP contribution >= 0.6 is 0 Å². The molecule has 0 aromatic rings. The molecule has 0 aromatic heterocycles. The van der Waals surface area contributed by atoms with Gasteiger partial charge < -0.3 is 5.73 Å². The largest absolute Gasteiger partial charge is 0.330 e. The van der Waals surface area contributed by atoms with Gasteiger partial charge in [0, 0.05) is 13.1 Å². The second-order valence-corrected chi connectivity index (χ2v) is 6.71. The van der Waals surface area contributed by atoms with E-state index in [2.05, 4.69) is 0 Å². The van der Waals surface area contributed by atoms with Crippen molar-refractivity contribution in [3.63, 3.8) is 0 Å². The normalized spacial score (nSPS) is 18.4. The highest BCUT2D eigenvalue weighted by Crippen LogP contribution is 2.27. The molecular formula is C11H24N2O2S. The maximum Gasteiger partial charge on any atom is 0.216 e. The number of hydrogen-bond donors (Lipinski definition) is 1. The maximum absolute atomic E-state index is 12.3. The molecule has 0 unspecified atom stereocenters. The Hall–Kier alpha value is -0.130. The van der Waals surface area contributed by atoms with Gasteiger partial charge in [0.05, 0.1) is 5.25 Å². The summed E-state index contributed by atoms with van der Waals surface area (Å²) in [4.78, 5) is 0. The van der Waals surface area contributed by atoms with Gasteiger partial charge in [-0.25, -0.2) is 12.7 Å². The van der Waals surface area contributed by atoms with Crippen LogP contribution in [0.1, 0.15) is 45.4 Å². The second-order valence-electron chi connectivity index (χ2n) is 4.49. The van der Waals surface area contributed by atoms with E-state index in [1.54, 1.807) is 4.31 Å². The highest BCUT2D eigenvalue weighted by molar-refractivity contribution is 7.89. The van der Waals surface area contributed by atoms with Crippen LogP contribution in [0.4, 0.5) is 0 Å². The van der Waals surface area contributed by atoms with Crippen LogP contribution in [0.5, 0.6) is 0 Å². The van der Waals surface area contributed by atoms with Crippen molar-refractivity contribution in [3.05, 3.63) is 0 Å². The zero-order valence-corrected chi connectivity index (χ0v) is 11.0. The molecule has 1 saturated carbocycles. The summed E-state index contributed by atoms with van der Waals surface area (Å²) < 4.78 is 26.3. The molecule has 0 radical (unpaired) electrons. The van der Waals surface area contributed by atoms with Crippen molar-refractivity contribution in [3.8, 4) is 0 Å². The Bertz CT molecular complexity index is 284. The van der Waals surface area contributed by atoms with Gasteiger partial charge in [0.25, 0.3) is 0 Å². The first-order valence-electron chi connectivity index (χ1n) is 6.32. The fourth-order valence-corrected chi connectivity index (χ4v) is 4.45. The predicted octanol–water partition coefficient (Wildman–Crippen LogP) is 1.32. The van der Waals surface area contributed by atoms with E-state index in [9.17, 15) is 8.42 Å². The Morgan fingerprint density at radius 2 is 1.88 bits per heavy atom. The van der Waals surface area contributed by atoms with Crippen molar-refractivity contribution in [2.45, 2.75) is 50.7 Å². The van der Waals surface area contributed by atoms with Crippen LogP contribution in [0.15, 0.2) is 0 Å². The van der Waals surface area contributed by atoms with Crippen LogP contribution in [0.2, 0.25) is 0 Å². The molecule has 4 nitrogen and oxygen atoms in total. The van der Waals surface area contributed by atoms with Crippen molar-refractivity contribution >= 4 is 10.0 Å². The molecule has 0 saturated heterocycles. The van der Waals surface area contributed by atoms with Gasteiger partial charge in [0.1, 0.15) is 0 Å². The fourth-order valence-electron chi connectivity index (χ4n) is 2.28. The second kappa shape index (κ2) is 6.57. The highest BCUT2D eigenvalue weighted by atomic mass is 32.2. The third kappa shape index (κ3) is 3.43. The third-order valence-electron chi connectivity index (χ3n) is 3.17. The molecule has 0 aliphatic heterocycles. The van der Waals surface area contributed by atoms with Crippen LogP contribution in [0.25, 0.3) is 0 Å². The zero-order chi connectivity index (χ0) is 12.0. The smallest absolute Gasteiger partial charge is 0.216 e. The van der Waals surface area contributed by atoms with E-state index in [4.69, 9.17) is 5.73 Å². The SMILES string of the molecule is CCCN(CCCN)S(=O)(=O)C1CCCC1. The molecule has 0 bridgehead atoms. The lowest BCUT2D eigenvalue weighted by Gasteiger charge is -2.24. The zero-order valence-electron chi connectivity index (χ0n) is 10.2. The monoisotopic (exact) mass is 248 g/mol. The minimum Gasteiger partial charge on any atom is -0.330 e. The summed E-state index contributed by atoms with van der Waals surface area (Å²) in [5, 5.41) is -0.128. The number of nitrogens with zero attached hydrogens (tertiary/aromatic N) is 1. The van der Waals surface area contributed by atoms with Crippen molar-refractivity contribution in [2.75, 3.05) is 19.6 Å². The number of sulfonamides is 1. The van der Waals surface area contributed by atoms with Crippen LogP contribution in [0.3, 0.4) is 0 Å². The number of nitrogens with two attached hydrogens (primary N) is 1. The molecule has 96 valence electrons. The van der Waals surface area contributed by atoms with E-state index < -0.39 is 10.0 Å². The lowest BCUT2D eigenvalue weighted by atomic mass is 10.4. The summed E-state index contributed by atoms with van der Waals surface area (Å²) in [6.45, 7) is 3.79. The molecule has 1 rings (SSSR count). The summed E-state index contributed by atoms with van der Waals surface area (Å²) in [7, 11) is -3.06. The average molecular weight is 248 g/mol. The first-order chi connectivity index (χ1) is 7.62. The summed E-state index contributed by atoms with van der Waals surface area (Å²) in [5.74, 6) is 0. The van der Waals surface area contributed by atoms with Crippen molar-refractivity contribution < 1.29 is 8.42 Å². The van der Waals surface area contributed by atoms with E-state index in [-0.39, 0.29) is 5.25 Å². The third-order valence-corrected chi connectivity index (χ3v) is 5.57. The molecule has 0 heterocycles. The van der Waals surface area contributed by atoms with Crippen LogP contribution in [-0.4, -0.2) is 37.6 Å². The van der Waals surface area contributed by atoms with Gasteiger partial charge in [-0.3, -0.25) is 0 Å². The molecule has 2 N–H and O–H groups in total. The van der Waals surface area contributed by atoms with Crippen LogP contribution in [0, 0.1) is 0 Å². The molecule has 0 atom stereocenters. The summed E-state index contributed by atoms with van der Waals surface area (Å²) >= 11 is 0. The van der Waals surface area contributed by atoms with E-state index in [0.29, 0.717) is 19.6 Å². The van der Waals surface area contributed by atoms with Crippen molar-refractivity contribution in [1.82, 2.24) is 4.31 Å². The van der Waals surface area contributed by atoms with Crippen LogP contribution < -0.4 is 5.73 Å². The van der Waals surface area contributed by atoms with E-state index in [0.717, 1.165) is 38.5 Å². The van der Waals surface area contributed by atoms with Crippen LogP contribution in [-0.2, 0) is 10.0 Å². The van der Waals surface area contributed by atoms with E-state index in [1.807, 2.05) is 6.92 Å².